The van der Waals surface area contributed by atoms with Crippen molar-refractivity contribution in [3.63, 3.8) is 0 Å². The van der Waals surface area contributed by atoms with E-state index in [4.69, 9.17) is 5.73 Å². The van der Waals surface area contributed by atoms with Crippen molar-refractivity contribution in [2.75, 3.05) is 26.7 Å². The standard InChI is InChI=1S/C13H27N3O2S/c1-15(19(17,18)16-10-6-7-11-16)13(12-14)8-4-2-3-5-9-13/h2-12,14H2,1H3. The molecule has 0 atom stereocenters. The fourth-order valence-electron chi connectivity index (χ4n) is 3.37. The second-order valence-electron chi connectivity index (χ2n) is 5.92. The summed E-state index contributed by atoms with van der Waals surface area (Å²) in [4.78, 5) is 0. The van der Waals surface area contributed by atoms with E-state index < -0.39 is 10.2 Å². The van der Waals surface area contributed by atoms with Crippen molar-refractivity contribution in [1.29, 1.82) is 0 Å². The molecule has 2 fully saturated rings. The molecule has 19 heavy (non-hydrogen) atoms. The average molecular weight is 289 g/mol. The second kappa shape index (κ2) is 6.08. The van der Waals surface area contributed by atoms with E-state index in [1.807, 2.05) is 0 Å². The third-order valence-corrected chi connectivity index (χ3v) is 6.92. The molecule has 1 heterocycles. The molecule has 2 N–H and O–H groups in total. The molecular weight excluding hydrogens is 262 g/mol. The molecule has 1 aliphatic carbocycles. The first-order valence-corrected chi connectivity index (χ1v) is 8.87. The van der Waals surface area contributed by atoms with Crippen LogP contribution in [-0.4, -0.2) is 49.2 Å². The Bertz CT molecular complexity index is 383. The lowest BCUT2D eigenvalue weighted by atomic mass is 9.90. The van der Waals surface area contributed by atoms with Crippen molar-refractivity contribution < 1.29 is 8.42 Å². The fraction of sp³-hybridized carbons (Fsp3) is 1.00. The van der Waals surface area contributed by atoms with Crippen LogP contribution in [0.5, 0.6) is 0 Å². The molecule has 1 aliphatic heterocycles. The third kappa shape index (κ3) is 2.96. The molecule has 0 radical (unpaired) electrons. The number of nitrogens with two attached hydrogens (primary N) is 1. The first kappa shape index (κ1) is 15.2. The minimum absolute atomic E-state index is 0.363. The normalized spacial score (nSPS) is 25.6. The molecule has 0 spiro atoms. The molecule has 112 valence electrons. The Morgan fingerprint density at radius 3 is 2.05 bits per heavy atom. The smallest absolute Gasteiger partial charge is 0.282 e. The van der Waals surface area contributed by atoms with Crippen molar-refractivity contribution in [1.82, 2.24) is 8.61 Å². The van der Waals surface area contributed by atoms with Gasteiger partial charge in [-0.3, -0.25) is 0 Å². The highest BCUT2D eigenvalue weighted by Crippen LogP contribution is 2.34. The van der Waals surface area contributed by atoms with E-state index in [0.717, 1.165) is 38.5 Å². The maximum absolute atomic E-state index is 12.7. The Kier molecular flexibility index (Phi) is 4.87. The summed E-state index contributed by atoms with van der Waals surface area (Å²) in [6, 6.07) is 0. The number of likely N-dealkylation sites (N-methyl/N-ethyl adjacent to an activating group) is 1. The van der Waals surface area contributed by atoms with Gasteiger partial charge in [-0.2, -0.15) is 17.0 Å². The molecule has 0 aromatic carbocycles. The van der Waals surface area contributed by atoms with E-state index >= 15 is 0 Å². The predicted molar refractivity (Wildman–Crippen MR) is 77.0 cm³/mol. The van der Waals surface area contributed by atoms with Crippen molar-refractivity contribution in [2.24, 2.45) is 5.73 Å². The van der Waals surface area contributed by atoms with E-state index in [2.05, 4.69) is 0 Å². The average Bonchev–Trinajstić information content (AvgIpc) is 2.84. The van der Waals surface area contributed by atoms with Gasteiger partial charge in [0.15, 0.2) is 0 Å². The summed E-state index contributed by atoms with van der Waals surface area (Å²) in [5.74, 6) is 0. The van der Waals surface area contributed by atoms with Crippen LogP contribution in [0.3, 0.4) is 0 Å². The van der Waals surface area contributed by atoms with Crippen LogP contribution >= 0.6 is 0 Å². The van der Waals surface area contributed by atoms with E-state index in [0.29, 0.717) is 19.6 Å². The summed E-state index contributed by atoms with van der Waals surface area (Å²) in [5.41, 5.74) is 5.62. The highest BCUT2D eigenvalue weighted by molar-refractivity contribution is 7.86. The van der Waals surface area contributed by atoms with Gasteiger partial charge in [0, 0.05) is 32.2 Å². The first-order valence-electron chi connectivity index (χ1n) is 7.47. The van der Waals surface area contributed by atoms with E-state index in [1.165, 1.54) is 12.8 Å². The molecule has 0 bridgehead atoms. The predicted octanol–water partition coefficient (Wildman–Crippen LogP) is 1.31. The van der Waals surface area contributed by atoms with Crippen LogP contribution in [0.4, 0.5) is 0 Å². The van der Waals surface area contributed by atoms with E-state index in [9.17, 15) is 8.42 Å². The van der Waals surface area contributed by atoms with E-state index in [-0.39, 0.29) is 5.54 Å². The lowest BCUT2D eigenvalue weighted by molar-refractivity contribution is 0.185. The molecule has 5 nitrogen and oxygen atoms in total. The van der Waals surface area contributed by atoms with Crippen LogP contribution in [0.15, 0.2) is 0 Å². The molecule has 6 heteroatoms. The van der Waals surface area contributed by atoms with Gasteiger partial charge in [-0.05, 0) is 25.7 Å². The van der Waals surface area contributed by atoms with Gasteiger partial charge in [-0.25, -0.2) is 0 Å². The Morgan fingerprint density at radius 2 is 1.58 bits per heavy atom. The number of nitrogens with zero attached hydrogens (tertiary/aromatic N) is 2. The van der Waals surface area contributed by atoms with Crippen molar-refractivity contribution in [3.05, 3.63) is 0 Å². The van der Waals surface area contributed by atoms with Crippen molar-refractivity contribution in [3.8, 4) is 0 Å². The molecule has 0 amide bonds. The summed E-state index contributed by atoms with van der Waals surface area (Å²) in [6.07, 6.45) is 8.29. The zero-order valence-corrected chi connectivity index (χ0v) is 12.8. The van der Waals surface area contributed by atoms with Gasteiger partial charge in [-0.15, -0.1) is 0 Å². The van der Waals surface area contributed by atoms with Crippen LogP contribution in [0.1, 0.15) is 51.4 Å². The maximum Gasteiger partial charge on any atom is 0.282 e. The molecule has 2 rings (SSSR count). The Morgan fingerprint density at radius 1 is 1.05 bits per heavy atom. The fourth-order valence-corrected chi connectivity index (χ4v) is 5.18. The Hall–Kier alpha value is -0.170. The van der Waals surface area contributed by atoms with Crippen LogP contribution in [0, 0.1) is 0 Å². The summed E-state index contributed by atoms with van der Waals surface area (Å²) >= 11 is 0. The number of hydrogen-bond donors (Lipinski definition) is 1. The van der Waals surface area contributed by atoms with Crippen LogP contribution in [0.25, 0.3) is 0 Å². The molecule has 1 saturated heterocycles. The zero-order valence-electron chi connectivity index (χ0n) is 12.0. The summed E-state index contributed by atoms with van der Waals surface area (Å²) < 4.78 is 28.6. The van der Waals surface area contributed by atoms with Gasteiger partial charge >= 0.3 is 0 Å². The molecule has 0 unspecified atom stereocenters. The van der Waals surface area contributed by atoms with Crippen LogP contribution in [0.2, 0.25) is 0 Å². The summed E-state index contributed by atoms with van der Waals surface area (Å²) in [6.45, 7) is 1.75. The highest BCUT2D eigenvalue weighted by Gasteiger charge is 2.42. The van der Waals surface area contributed by atoms with E-state index in [1.54, 1.807) is 15.7 Å². The minimum atomic E-state index is -3.34. The summed E-state index contributed by atoms with van der Waals surface area (Å²) in [7, 11) is -1.61. The quantitative estimate of drug-likeness (QED) is 0.794. The van der Waals surface area contributed by atoms with Gasteiger partial charge in [-0.1, -0.05) is 25.7 Å². The third-order valence-electron chi connectivity index (χ3n) is 4.82. The SMILES string of the molecule is CN(C1(CN)CCCCCC1)S(=O)(=O)N1CCCC1. The second-order valence-corrected chi connectivity index (χ2v) is 7.88. The van der Waals surface area contributed by atoms with Crippen LogP contribution in [-0.2, 0) is 10.2 Å². The lowest BCUT2D eigenvalue weighted by Gasteiger charge is -2.41. The minimum Gasteiger partial charge on any atom is -0.329 e. The maximum atomic E-state index is 12.7. The highest BCUT2D eigenvalue weighted by atomic mass is 32.2. The molecule has 0 aromatic rings. The van der Waals surface area contributed by atoms with Gasteiger partial charge in [0.2, 0.25) is 0 Å². The Balaban J connectivity index is 2.21. The van der Waals surface area contributed by atoms with Crippen LogP contribution < -0.4 is 5.73 Å². The molecule has 0 aromatic heterocycles. The van der Waals surface area contributed by atoms with Gasteiger partial charge in [0.1, 0.15) is 0 Å². The first-order chi connectivity index (χ1) is 9.03. The van der Waals surface area contributed by atoms with Gasteiger partial charge in [0.05, 0.1) is 0 Å². The monoisotopic (exact) mass is 289 g/mol. The topological polar surface area (TPSA) is 66.6 Å². The van der Waals surface area contributed by atoms with Gasteiger partial charge < -0.3 is 5.73 Å². The molecular formula is C13H27N3O2S. The molecule has 1 saturated carbocycles. The van der Waals surface area contributed by atoms with Crippen molar-refractivity contribution in [2.45, 2.75) is 56.9 Å². The largest absolute Gasteiger partial charge is 0.329 e. The molecule has 2 aliphatic rings. The number of rotatable bonds is 4. The Labute approximate surface area is 117 Å². The zero-order chi connectivity index (χ0) is 13.9. The summed E-state index contributed by atoms with van der Waals surface area (Å²) in [5, 5.41) is 0. The van der Waals surface area contributed by atoms with Gasteiger partial charge in [0.25, 0.3) is 10.2 Å². The van der Waals surface area contributed by atoms with Crippen molar-refractivity contribution >= 4 is 10.2 Å². The number of hydrogen-bond acceptors (Lipinski definition) is 3. The lowest BCUT2D eigenvalue weighted by Crippen LogP contribution is -2.57.